The van der Waals surface area contributed by atoms with Gasteiger partial charge in [-0.3, -0.25) is 0 Å². The molecule has 8 heteroatoms. The molecule has 4 rings (SSSR count). The van der Waals surface area contributed by atoms with Gasteiger partial charge in [0, 0.05) is 13.0 Å². The molecule has 0 aliphatic heterocycles. The number of fused-ring (bicyclic) bond motifs is 1. The van der Waals surface area contributed by atoms with E-state index in [0.29, 0.717) is 35.1 Å². The van der Waals surface area contributed by atoms with Gasteiger partial charge in [-0.1, -0.05) is 61.5 Å². The lowest BCUT2D eigenvalue weighted by molar-refractivity contribution is 0.0697. The summed E-state index contributed by atoms with van der Waals surface area (Å²) in [7, 11) is 0. The van der Waals surface area contributed by atoms with Crippen LogP contribution in [0.5, 0.6) is 0 Å². The zero-order valence-electron chi connectivity index (χ0n) is 18.4. The molecule has 0 aliphatic carbocycles. The molecule has 0 bridgehead atoms. The minimum atomic E-state index is -5.12. The Morgan fingerprint density at radius 2 is 1.76 bits per heavy atom. The quantitative estimate of drug-likeness (QED) is 0.364. The second-order valence-electron chi connectivity index (χ2n) is 8.19. The Bertz CT molecular complexity index is 1330. The highest BCUT2D eigenvalue weighted by Crippen LogP contribution is 2.26. The van der Waals surface area contributed by atoms with Crippen LogP contribution in [0.2, 0.25) is 0 Å². The Morgan fingerprint density at radius 1 is 1.06 bits per heavy atom. The van der Waals surface area contributed by atoms with Crippen molar-refractivity contribution in [2.45, 2.75) is 33.2 Å². The first-order valence-electron chi connectivity index (χ1n) is 10.8. The van der Waals surface area contributed by atoms with Crippen molar-refractivity contribution in [2.75, 3.05) is 0 Å². The molecule has 1 N–H and O–H groups in total. The second kappa shape index (κ2) is 8.77. The molecule has 0 saturated carbocycles. The van der Waals surface area contributed by atoms with Gasteiger partial charge in [-0.05, 0) is 41.7 Å². The number of carboxylic acids is 1. The first kappa shape index (κ1) is 22.6. The molecular formula is C25H23BF3N2O2-. The van der Waals surface area contributed by atoms with Crippen LogP contribution in [0, 0.1) is 6.92 Å². The summed E-state index contributed by atoms with van der Waals surface area (Å²) in [6.45, 7) is -1.07. The molecule has 0 fully saturated rings. The maximum atomic E-state index is 13.5. The number of benzene rings is 3. The number of carbonyl (C=O) groups is 1. The van der Waals surface area contributed by atoms with Crippen LogP contribution in [0.3, 0.4) is 0 Å². The van der Waals surface area contributed by atoms with Crippen LogP contribution in [0.1, 0.15) is 40.7 Å². The van der Waals surface area contributed by atoms with Crippen molar-refractivity contribution < 1.29 is 22.8 Å². The van der Waals surface area contributed by atoms with Gasteiger partial charge in [-0.15, -0.1) is 5.46 Å². The molecule has 0 unspecified atom stereocenters. The van der Waals surface area contributed by atoms with Gasteiger partial charge < -0.3 is 22.6 Å². The highest BCUT2D eigenvalue weighted by Gasteiger charge is 2.27. The number of aryl methyl sites for hydroxylation is 2. The van der Waals surface area contributed by atoms with Gasteiger partial charge in [0.15, 0.2) is 0 Å². The van der Waals surface area contributed by atoms with E-state index in [1.54, 1.807) is 31.2 Å². The third-order valence-electron chi connectivity index (χ3n) is 5.76. The molecule has 0 spiro atoms. The second-order valence-corrected chi connectivity index (χ2v) is 8.19. The maximum absolute atomic E-state index is 13.5. The standard InChI is InChI=1S/C25H23BF3N2O2/c1-3-6-23-30-24-16(2)13-19(26(27,28)29)14-22(24)31(23)15-17-9-11-18(12-10-17)20-7-4-5-8-21(20)25(32)33/h4-5,7-14H,3,6,15H2,1-2H3,(H,32,33)/q-1. The van der Waals surface area contributed by atoms with Gasteiger partial charge in [0.05, 0.1) is 16.6 Å². The first-order chi connectivity index (χ1) is 15.7. The van der Waals surface area contributed by atoms with E-state index in [1.807, 2.05) is 35.8 Å². The van der Waals surface area contributed by atoms with Crippen LogP contribution < -0.4 is 5.46 Å². The number of hydrogen-bond acceptors (Lipinski definition) is 2. The van der Waals surface area contributed by atoms with E-state index in [9.17, 15) is 22.8 Å². The molecule has 4 nitrogen and oxygen atoms in total. The largest absolute Gasteiger partial charge is 0.509 e. The Morgan fingerprint density at radius 3 is 2.39 bits per heavy atom. The highest BCUT2D eigenvalue weighted by atomic mass is 19.4. The van der Waals surface area contributed by atoms with E-state index in [2.05, 4.69) is 4.98 Å². The molecule has 170 valence electrons. The molecule has 3 aromatic carbocycles. The van der Waals surface area contributed by atoms with E-state index in [0.717, 1.165) is 23.4 Å². The predicted molar refractivity (Wildman–Crippen MR) is 125 cm³/mol. The van der Waals surface area contributed by atoms with Crippen molar-refractivity contribution in [2.24, 2.45) is 0 Å². The van der Waals surface area contributed by atoms with Crippen LogP contribution in [0.15, 0.2) is 60.7 Å². The van der Waals surface area contributed by atoms with E-state index in [1.165, 1.54) is 12.1 Å². The number of hydrogen-bond donors (Lipinski definition) is 1. The van der Waals surface area contributed by atoms with Crippen LogP contribution in [-0.4, -0.2) is 27.6 Å². The van der Waals surface area contributed by atoms with Gasteiger partial charge in [-0.2, -0.15) is 0 Å². The van der Waals surface area contributed by atoms with E-state index >= 15 is 0 Å². The van der Waals surface area contributed by atoms with Gasteiger partial charge >= 0.3 is 12.9 Å². The summed E-state index contributed by atoms with van der Waals surface area (Å²) < 4.78 is 42.3. The van der Waals surface area contributed by atoms with E-state index in [-0.39, 0.29) is 5.56 Å². The van der Waals surface area contributed by atoms with Crippen LogP contribution in [0.4, 0.5) is 12.9 Å². The minimum Gasteiger partial charge on any atom is -0.478 e. The summed E-state index contributed by atoms with van der Waals surface area (Å²) in [5.41, 5.74) is 3.45. The Labute approximate surface area is 189 Å². The number of nitrogens with zero attached hydrogens (tertiary/aromatic N) is 2. The number of halogens is 3. The summed E-state index contributed by atoms with van der Waals surface area (Å²) in [5.74, 6) is -0.246. The van der Waals surface area contributed by atoms with Gasteiger partial charge in [0.25, 0.3) is 0 Å². The fraction of sp³-hybridized carbons (Fsp3) is 0.200. The topological polar surface area (TPSA) is 55.1 Å². The van der Waals surface area contributed by atoms with Crippen molar-refractivity contribution in [3.8, 4) is 11.1 Å². The zero-order chi connectivity index (χ0) is 23.8. The van der Waals surface area contributed by atoms with Crippen molar-refractivity contribution in [1.82, 2.24) is 9.55 Å². The number of aromatic carboxylic acids is 1. The first-order valence-corrected chi connectivity index (χ1v) is 10.8. The predicted octanol–water partition coefficient (Wildman–Crippen LogP) is 5.77. The third-order valence-corrected chi connectivity index (χ3v) is 5.76. The fourth-order valence-corrected chi connectivity index (χ4v) is 4.14. The molecule has 0 saturated heterocycles. The maximum Gasteiger partial charge on any atom is 0.509 e. The zero-order valence-corrected chi connectivity index (χ0v) is 18.4. The van der Waals surface area contributed by atoms with Crippen molar-refractivity contribution in [3.63, 3.8) is 0 Å². The Balaban J connectivity index is 1.75. The van der Waals surface area contributed by atoms with E-state index in [4.69, 9.17) is 0 Å². The van der Waals surface area contributed by atoms with Crippen LogP contribution in [0.25, 0.3) is 22.2 Å². The van der Waals surface area contributed by atoms with Crippen molar-refractivity contribution in [3.05, 3.63) is 83.2 Å². The van der Waals surface area contributed by atoms with Crippen LogP contribution >= 0.6 is 0 Å². The molecule has 0 atom stereocenters. The van der Waals surface area contributed by atoms with Gasteiger partial charge in [0.2, 0.25) is 0 Å². The number of rotatable bonds is 7. The molecular weight excluding hydrogens is 428 g/mol. The lowest BCUT2D eigenvalue weighted by atomic mass is 9.79. The smallest absolute Gasteiger partial charge is 0.478 e. The number of aromatic nitrogens is 2. The molecule has 33 heavy (non-hydrogen) atoms. The summed E-state index contributed by atoms with van der Waals surface area (Å²) >= 11 is 0. The molecule has 4 aromatic rings. The van der Waals surface area contributed by atoms with Crippen LogP contribution in [-0.2, 0) is 13.0 Å². The lowest BCUT2D eigenvalue weighted by Gasteiger charge is -2.17. The van der Waals surface area contributed by atoms with Crippen molar-refractivity contribution in [1.29, 1.82) is 0 Å². The number of carboxylic acid groups (broad SMARTS) is 1. The molecule has 1 heterocycles. The number of imidazole rings is 1. The lowest BCUT2D eigenvalue weighted by Crippen LogP contribution is -2.34. The Kier molecular flexibility index (Phi) is 6.02. The SMILES string of the molecule is CCCc1nc2c(C)cc([B-](F)(F)F)cc2n1Cc1ccc(-c2ccccc2C(=O)O)cc1. The summed E-state index contributed by atoms with van der Waals surface area (Å²) in [4.78, 5) is 16.2. The molecule has 0 aliphatic rings. The fourth-order valence-electron chi connectivity index (χ4n) is 4.14. The molecule has 0 amide bonds. The normalized spacial score (nSPS) is 11.8. The molecule has 0 radical (unpaired) electrons. The average Bonchev–Trinajstić information content (AvgIpc) is 3.12. The van der Waals surface area contributed by atoms with Crippen molar-refractivity contribution >= 4 is 29.4 Å². The molecule has 1 aromatic heterocycles. The summed E-state index contributed by atoms with van der Waals surface area (Å²) in [6.07, 6.45) is 1.48. The summed E-state index contributed by atoms with van der Waals surface area (Å²) in [6, 6.07) is 16.6. The monoisotopic (exact) mass is 451 g/mol. The highest BCUT2D eigenvalue weighted by molar-refractivity contribution is 6.73. The third kappa shape index (κ3) is 4.51. The van der Waals surface area contributed by atoms with Gasteiger partial charge in [-0.25, -0.2) is 9.78 Å². The Hall–Kier alpha value is -3.55. The summed E-state index contributed by atoms with van der Waals surface area (Å²) in [5, 5.41) is 9.45. The minimum absolute atomic E-state index is 0.216. The van der Waals surface area contributed by atoms with Gasteiger partial charge in [0.1, 0.15) is 5.82 Å². The average molecular weight is 451 g/mol. The van der Waals surface area contributed by atoms with E-state index < -0.39 is 18.4 Å².